The van der Waals surface area contributed by atoms with Crippen LogP contribution in [0.4, 0.5) is 4.39 Å². The van der Waals surface area contributed by atoms with E-state index in [1.165, 1.54) is 30.2 Å². The van der Waals surface area contributed by atoms with Crippen LogP contribution in [0, 0.1) is 17.1 Å². The second-order valence-electron chi connectivity index (χ2n) is 4.72. The predicted octanol–water partition coefficient (Wildman–Crippen LogP) is 3.94. The number of aromatic nitrogens is 1. The Morgan fingerprint density at radius 2 is 2.09 bits per heavy atom. The third-order valence-corrected chi connectivity index (χ3v) is 4.28. The summed E-state index contributed by atoms with van der Waals surface area (Å²) < 4.78 is 19.0. The number of hydrogen-bond donors (Lipinski definition) is 1. The Labute approximate surface area is 135 Å². The first-order valence-electron chi connectivity index (χ1n) is 6.76. The molecule has 4 nitrogen and oxygen atoms in total. The molecule has 0 aliphatic heterocycles. The molecule has 0 bridgehead atoms. The number of hydrogen-bond acceptors (Lipinski definition) is 4. The number of thioether (sulfide) groups is 1. The van der Waals surface area contributed by atoms with Gasteiger partial charge in [0.05, 0.1) is 17.0 Å². The fourth-order valence-corrected chi connectivity index (χ4v) is 3.09. The molecular formula is C17H11FN2O2S. The van der Waals surface area contributed by atoms with Crippen molar-refractivity contribution in [3.8, 4) is 17.5 Å². The summed E-state index contributed by atoms with van der Waals surface area (Å²) in [5, 5.41) is 9.59. The third kappa shape index (κ3) is 3.20. The number of nitrogens with zero attached hydrogens (tertiary/aromatic N) is 1. The minimum absolute atomic E-state index is 0.0154. The number of nitrogens with one attached hydrogen (secondary N) is 1. The third-order valence-electron chi connectivity index (χ3n) is 3.23. The molecule has 0 amide bonds. The van der Waals surface area contributed by atoms with E-state index in [1.807, 2.05) is 6.07 Å². The lowest BCUT2D eigenvalue weighted by Crippen LogP contribution is -2.09. The van der Waals surface area contributed by atoms with Crippen molar-refractivity contribution in [2.75, 3.05) is 0 Å². The van der Waals surface area contributed by atoms with Crippen molar-refractivity contribution in [2.45, 2.75) is 10.8 Å². The molecule has 3 aromatic rings. The molecule has 114 valence electrons. The number of nitriles is 1. The molecule has 0 radical (unpaired) electrons. The Morgan fingerprint density at radius 1 is 1.26 bits per heavy atom. The SMILES string of the molecule is N#Cc1c(SCc2ccccc2F)[nH]c(-c2ccco2)cc1=O. The Balaban J connectivity index is 1.96. The van der Waals surface area contributed by atoms with E-state index in [0.29, 0.717) is 27.8 Å². The van der Waals surface area contributed by atoms with Crippen LogP contribution in [0.1, 0.15) is 11.1 Å². The maximum atomic E-state index is 13.7. The fraction of sp³-hybridized carbons (Fsp3) is 0.0588. The van der Waals surface area contributed by atoms with Gasteiger partial charge in [0.1, 0.15) is 23.2 Å². The molecule has 0 saturated carbocycles. The molecule has 2 aromatic heterocycles. The highest BCUT2D eigenvalue weighted by molar-refractivity contribution is 7.98. The van der Waals surface area contributed by atoms with E-state index in [2.05, 4.69) is 4.98 Å². The average molecular weight is 326 g/mol. The van der Waals surface area contributed by atoms with E-state index in [1.54, 1.807) is 30.3 Å². The van der Waals surface area contributed by atoms with Crippen molar-refractivity contribution < 1.29 is 8.81 Å². The first-order valence-corrected chi connectivity index (χ1v) is 7.75. The van der Waals surface area contributed by atoms with Gasteiger partial charge in [-0.05, 0) is 23.8 Å². The van der Waals surface area contributed by atoms with E-state index in [4.69, 9.17) is 4.42 Å². The zero-order chi connectivity index (χ0) is 16.2. The summed E-state index contributed by atoms with van der Waals surface area (Å²) in [5.41, 5.74) is 0.607. The van der Waals surface area contributed by atoms with Gasteiger partial charge in [0.15, 0.2) is 0 Å². The lowest BCUT2D eigenvalue weighted by molar-refractivity contribution is 0.579. The highest BCUT2D eigenvalue weighted by atomic mass is 32.2. The van der Waals surface area contributed by atoms with Crippen LogP contribution in [-0.4, -0.2) is 4.98 Å². The molecule has 0 unspecified atom stereocenters. The number of halogens is 1. The Kier molecular flexibility index (Phi) is 4.31. The molecule has 0 aliphatic rings. The number of pyridine rings is 1. The molecule has 0 atom stereocenters. The molecular weight excluding hydrogens is 315 g/mol. The first-order chi connectivity index (χ1) is 11.2. The maximum Gasteiger partial charge on any atom is 0.201 e. The zero-order valence-corrected chi connectivity index (χ0v) is 12.7. The van der Waals surface area contributed by atoms with Gasteiger partial charge >= 0.3 is 0 Å². The minimum Gasteiger partial charge on any atom is -0.463 e. The number of benzene rings is 1. The topological polar surface area (TPSA) is 69.8 Å². The lowest BCUT2D eigenvalue weighted by Gasteiger charge is -2.07. The second-order valence-corrected chi connectivity index (χ2v) is 5.71. The number of H-pyrrole nitrogens is 1. The molecule has 0 spiro atoms. The van der Waals surface area contributed by atoms with Crippen LogP contribution in [0.25, 0.3) is 11.5 Å². The predicted molar refractivity (Wildman–Crippen MR) is 85.4 cm³/mol. The quantitative estimate of drug-likeness (QED) is 0.737. The minimum atomic E-state index is -0.395. The molecule has 0 fully saturated rings. The van der Waals surface area contributed by atoms with Crippen molar-refractivity contribution in [1.29, 1.82) is 5.26 Å². The summed E-state index contributed by atoms with van der Waals surface area (Å²) in [6.45, 7) is 0. The standard InChI is InChI=1S/C17H11FN2O2S/c18-13-5-2-1-4-11(13)10-23-17-12(9-19)15(21)8-14(20-17)16-6-3-7-22-16/h1-8H,10H2,(H,20,21). The summed E-state index contributed by atoms with van der Waals surface area (Å²) in [4.78, 5) is 15.1. The second kappa shape index (κ2) is 6.55. The molecule has 1 N–H and O–H groups in total. The summed E-state index contributed by atoms with van der Waals surface area (Å²) in [6, 6.07) is 13.0. The van der Waals surface area contributed by atoms with Gasteiger partial charge in [0.25, 0.3) is 0 Å². The van der Waals surface area contributed by atoms with E-state index < -0.39 is 5.43 Å². The van der Waals surface area contributed by atoms with E-state index in [0.717, 1.165) is 0 Å². The van der Waals surface area contributed by atoms with Crippen LogP contribution in [0.3, 0.4) is 0 Å². The van der Waals surface area contributed by atoms with Gasteiger partial charge in [0.2, 0.25) is 5.43 Å². The monoisotopic (exact) mass is 326 g/mol. The van der Waals surface area contributed by atoms with Crippen LogP contribution in [0.2, 0.25) is 0 Å². The van der Waals surface area contributed by atoms with E-state index >= 15 is 0 Å². The van der Waals surface area contributed by atoms with Gasteiger partial charge < -0.3 is 9.40 Å². The first kappa shape index (κ1) is 15.1. The van der Waals surface area contributed by atoms with Crippen molar-refractivity contribution >= 4 is 11.8 Å². The normalized spacial score (nSPS) is 10.4. The van der Waals surface area contributed by atoms with Crippen LogP contribution >= 0.6 is 11.8 Å². The van der Waals surface area contributed by atoms with Gasteiger partial charge in [-0.25, -0.2) is 4.39 Å². The number of furan rings is 1. The van der Waals surface area contributed by atoms with Crippen LogP contribution in [-0.2, 0) is 5.75 Å². The van der Waals surface area contributed by atoms with Crippen LogP contribution < -0.4 is 5.43 Å². The largest absolute Gasteiger partial charge is 0.463 e. The fourth-order valence-electron chi connectivity index (χ4n) is 2.08. The number of aromatic amines is 1. The zero-order valence-electron chi connectivity index (χ0n) is 11.9. The van der Waals surface area contributed by atoms with Crippen molar-refractivity contribution in [2.24, 2.45) is 0 Å². The highest BCUT2D eigenvalue weighted by Gasteiger charge is 2.13. The Morgan fingerprint density at radius 3 is 2.78 bits per heavy atom. The van der Waals surface area contributed by atoms with Crippen LogP contribution in [0.15, 0.2) is 63.0 Å². The van der Waals surface area contributed by atoms with Gasteiger partial charge in [-0.2, -0.15) is 5.26 Å². The van der Waals surface area contributed by atoms with Crippen molar-refractivity contribution in [3.05, 3.63) is 75.9 Å². The molecule has 23 heavy (non-hydrogen) atoms. The Bertz CT molecular complexity index is 927. The van der Waals surface area contributed by atoms with Crippen LogP contribution in [0.5, 0.6) is 0 Å². The average Bonchev–Trinajstić information content (AvgIpc) is 3.08. The summed E-state index contributed by atoms with van der Waals surface area (Å²) in [7, 11) is 0. The molecule has 6 heteroatoms. The highest BCUT2D eigenvalue weighted by Crippen LogP contribution is 2.26. The molecule has 1 aromatic carbocycles. The number of rotatable bonds is 4. The molecule has 0 aliphatic carbocycles. The van der Waals surface area contributed by atoms with Gasteiger partial charge in [-0.15, -0.1) is 11.8 Å². The van der Waals surface area contributed by atoms with Crippen molar-refractivity contribution in [1.82, 2.24) is 4.98 Å². The van der Waals surface area contributed by atoms with Crippen molar-refractivity contribution in [3.63, 3.8) is 0 Å². The molecule has 0 saturated heterocycles. The summed E-state index contributed by atoms with van der Waals surface area (Å²) >= 11 is 1.20. The molecule has 3 rings (SSSR count). The smallest absolute Gasteiger partial charge is 0.201 e. The van der Waals surface area contributed by atoms with E-state index in [9.17, 15) is 14.4 Å². The van der Waals surface area contributed by atoms with Gasteiger partial charge in [0, 0.05) is 11.8 Å². The summed E-state index contributed by atoms with van der Waals surface area (Å²) in [5.74, 6) is 0.487. The van der Waals surface area contributed by atoms with Gasteiger partial charge in [-0.3, -0.25) is 4.79 Å². The van der Waals surface area contributed by atoms with Gasteiger partial charge in [-0.1, -0.05) is 18.2 Å². The summed E-state index contributed by atoms with van der Waals surface area (Å²) in [6.07, 6.45) is 1.50. The van der Waals surface area contributed by atoms with E-state index in [-0.39, 0.29) is 11.4 Å². The molecule has 2 heterocycles. The Hall–Kier alpha value is -2.78. The maximum absolute atomic E-state index is 13.7. The lowest BCUT2D eigenvalue weighted by atomic mass is 10.2.